The Morgan fingerprint density at radius 2 is 2.17 bits per heavy atom. The van der Waals surface area contributed by atoms with Gasteiger partial charge in [0.25, 0.3) is 5.91 Å². The maximum absolute atomic E-state index is 12.2. The van der Waals surface area contributed by atoms with Crippen LogP contribution in [0, 0.1) is 20.8 Å². The van der Waals surface area contributed by atoms with Crippen molar-refractivity contribution in [3.05, 3.63) is 28.0 Å². The number of hydrogen-bond acceptors (Lipinski definition) is 4. The first kappa shape index (κ1) is 12.8. The van der Waals surface area contributed by atoms with Crippen molar-refractivity contribution in [1.29, 1.82) is 0 Å². The third kappa shape index (κ3) is 2.28. The first-order valence-corrected chi connectivity index (χ1v) is 6.59. The first-order chi connectivity index (χ1) is 8.52. The summed E-state index contributed by atoms with van der Waals surface area (Å²) in [5, 5.41) is 7.18. The molecule has 5 nitrogen and oxygen atoms in total. The minimum atomic E-state index is -0.135. The predicted octanol–water partition coefficient (Wildman–Crippen LogP) is 2.54. The fraction of sp³-hybridized carbons (Fsp3) is 0.417. The van der Waals surface area contributed by atoms with E-state index in [1.165, 1.54) is 11.5 Å². The van der Waals surface area contributed by atoms with Crippen LogP contribution in [0.3, 0.4) is 0 Å². The molecule has 0 fully saturated rings. The van der Waals surface area contributed by atoms with Gasteiger partial charge in [0.15, 0.2) is 0 Å². The van der Waals surface area contributed by atoms with E-state index in [4.69, 9.17) is 0 Å². The van der Waals surface area contributed by atoms with E-state index in [0.717, 1.165) is 22.0 Å². The molecule has 0 aliphatic heterocycles. The van der Waals surface area contributed by atoms with E-state index in [2.05, 4.69) is 14.8 Å². The zero-order chi connectivity index (χ0) is 13.3. The van der Waals surface area contributed by atoms with Crippen LogP contribution < -0.4 is 5.32 Å². The van der Waals surface area contributed by atoms with Crippen molar-refractivity contribution < 1.29 is 4.79 Å². The zero-order valence-corrected chi connectivity index (χ0v) is 11.8. The van der Waals surface area contributed by atoms with Gasteiger partial charge in [0.1, 0.15) is 5.69 Å². The lowest BCUT2D eigenvalue weighted by atomic mass is 10.3. The maximum Gasteiger partial charge on any atom is 0.274 e. The van der Waals surface area contributed by atoms with Crippen molar-refractivity contribution in [1.82, 2.24) is 14.2 Å². The van der Waals surface area contributed by atoms with Gasteiger partial charge >= 0.3 is 0 Å². The number of rotatable bonds is 3. The average molecular weight is 264 g/mol. The molecule has 0 saturated carbocycles. The molecular formula is C12H16N4OS. The Morgan fingerprint density at radius 1 is 1.44 bits per heavy atom. The monoisotopic (exact) mass is 264 g/mol. The second kappa shape index (κ2) is 4.89. The lowest BCUT2D eigenvalue weighted by molar-refractivity contribution is 0.101. The number of amides is 1. The Hall–Kier alpha value is -1.69. The molecule has 0 unspecified atom stereocenters. The van der Waals surface area contributed by atoms with E-state index in [1.807, 2.05) is 27.7 Å². The highest BCUT2D eigenvalue weighted by molar-refractivity contribution is 7.06. The minimum absolute atomic E-state index is 0.135. The summed E-state index contributed by atoms with van der Waals surface area (Å²) in [5.74, 6) is -0.135. The molecule has 96 valence electrons. The highest BCUT2D eigenvalue weighted by Crippen LogP contribution is 2.23. The quantitative estimate of drug-likeness (QED) is 0.926. The highest BCUT2D eigenvalue weighted by Gasteiger charge is 2.16. The molecule has 0 bridgehead atoms. The Morgan fingerprint density at radius 3 is 2.72 bits per heavy atom. The lowest BCUT2D eigenvalue weighted by Crippen LogP contribution is -2.17. The van der Waals surface area contributed by atoms with Gasteiger partial charge in [-0.2, -0.15) is 9.47 Å². The zero-order valence-electron chi connectivity index (χ0n) is 10.9. The van der Waals surface area contributed by atoms with Crippen LogP contribution in [0.25, 0.3) is 0 Å². The highest BCUT2D eigenvalue weighted by atomic mass is 32.1. The van der Waals surface area contributed by atoms with Crippen molar-refractivity contribution in [2.75, 3.05) is 5.32 Å². The number of nitrogens with one attached hydrogen (secondary N) is 1. The molecule has 1 N–H and O–H groups in total. The molecule has 0 aliphatic carbocycles. The van der Waals surface area contributed by atoms with Gasteiger partial charge in [0.05, 0.1) is 17.1 Å². The molecule has 0 aromatic carbocycles. The molecule has 0 saturated heterocycles. The number of nitrogens with zero attached hydrogens (tertiary/aromatic N) is 3. The molecule has 2 rings (SSSR count). The van der Waals surface area contributed by atoms with Gasteiger partial charge in [-0.3, -0.25) is 9.48 Å². The van der Waals surface area contributed by atoms with Gasteiger partial charge in [-0.05, 0) is 45.3 Å². The van der Waals surface area contributed by atoms with Gasteiger partial charge in [-0.15, -0.1) is 0 Å². The summed E-state index contributed by atoms with van der Waals surface area (Å²) in [4.78, 5) is 13.2. The number of carbonyl (C=O) groups excluding carboxylic acids is 1. The van der Waals surface area contributed by atoms with Gasteiger partial charge in [-0.1, -0.05) is 0 Å². The topological polar surface area (TPSA) is 59.8 Å². The summed E-state index contributed by atoms with van der Waals surface area (Å²) in [6.45, 7) is 8.36. The summed E-state index contributed by atoms with van der Waals surface area (Å²) in [6.07, 6.45) is 0. The molecule has 6 heteroatoms. The molecular weight excluding hydrogens is 248 g/mol. The van der Waals surface area contributed by atoms with Crippen molar-refractivity contribution in [2.24, 2.45) is 0 Å². The number of hydrogen-bond donors (Lipinski definition) is 1. The van der Waals surface area contributed by atoms with Gasteiger partial charge in [0, 0.05) is 11.4 Å². The van der Waals surface area contributed by atoms with Crippen LogP contribution in [-0.2, 0) is 6.54 Å². The number of anilines is 1. The molecule has 0 aliphatic rings. The third-order valence-electron chi connectivity index (χ3n) is 2.71. The molecule has 0 radical (unpaired) electrons. The van der Waals surface area contributed by atoms with Crippen LogP contribution in [0.1, 0.15) is 33.7 Å². The Labute approximate surface area is 110 Å². The third-order valence-corrected chi connectivity index (χ3v) is 3.55. The fourth-order valence-corrected chi connectivity index (χ4v) is 2.46. The molecule has 2 aromatic heterocycles. The van der Waals surface area contributed by atoms with Crippen molar-refractivity contribution in [3.63, 3.8) is 0 Å². The summed E-state index contributed by atoms with van der Waals surface area (Å²) >= 11 is 1.40. The Bertz CT molecular complexity index is 565. The van der Waals surface area contributed by atoms with Crippen LogP contribution in [0.4, 0.5) is 5.69 Å². The van der Waals surface area contributed by atoms with E-state index in [-0.39, 0.29) is 5.91 Å². The van der Waals surface area contributed by atoms with Crippen molar-refractivity contribution >= 4 is 23.1 Å². The van der Waals surface area contributed by atoms with E-state index < -0.39 is 0 Å². The first-order valence-electron chi connectivity index (χ1n) is 5.81. The van der Waals surface area contributed by atoms with E-state index in [0.29, 0.717) is 12.2 Å². The van der Waals surface area contributed by atoms with Crippen LogP contribution in [-0.4, -0.2) is 20.1 Å². The molecule has 0 spiro atoms. The molecule has 2 aromatic rings. The van der Waals surface area contributed by atoms with Gasteiger partial charge in [0.2, 0.25) is 0 Å². The normalized spacial score (nSPS) is 10.7. The Kier molecular flexibility index (Phi) is 3.47. The maximum atomic E-state index is 12.2. The van der Waals surface area contributed by atoms with E-state index in [9.17, 15) is 4.79 Å². The van der Waals surface area contributed by atoms with Crippen LogP contribution in [0.2, 0.25) is 0 Å². The van der Waals surface area contributed by atoms with E-state index >= 15 is 0 Å². The second-order valence-corrected chi connectivity index (χ2v) is 5.12. The standard InChI is InChI=1S/C12H16N4OS/c1-5-16-10(6-7(2)14-16)12(17)13-11-8(3)15-18-9(11)4/h6H,5H2,1-4H3,(H,13,17). The van der Waals surface area contributed by atoms with Gasteiger partial charge < -0.3 is 5.32 Å². The van der Waals surface area contributed by atoms with Gasteiger partial charge in [-0.25, -0.2) is 0 Å². The lowest BCUT2D eigenvalue weighted by Gasteiger charge is -2.06. The summed E-state index contributed by atoms with van der Waals surface area (Å²) in [5.41, 5.74) is 3.09. The summed E-state index contributed by atoms with van der Waals surface area (Å²) < 4.78 is 5.92. The van der Waals surface area contributed by atoms with Crippen molar-refractivity contribution in [2.45, 2.75) is 34.2 Å². The summed E-state index contributed by atoms with van der Waals surface area (Å²) in [7, 11) is 0. The van der Waals surface area contributed by atoms with Crippen molar-refractivity contribution in [3.8, 4) is 0 Å². The van der Waals surface area contributed by atoms with Crippen LogP contribution >= 0.6 is 11.5 Å². The Balaban J connectivity index is 2.27. The SMILES string of the molecule is CCn1nc(C)cc1C(=O)Nc1c(C)nsc1C. The van der Waals surface area contributed by atoms with Crippen LogP contribution in [0.15, 0.2) is 6.07 Å². The van der Waals surface area contributed by atoms with Crippen LogP contribution in [0.5, 0.6) is 0 Å². The number of carbonyl (C=O) groups is 1. The second-order valence-electron chi connectivity index (χ2n) is 4.14. The largest absolute Gasteiger partial charge is 0.318 e. The molecule has 2 heterocycles. The number of aromatic nitrogens is 3. The molecule has 0 atom stereocenters. The molecule has 18 heavy (non-hydrogen) atoms. The number of aryl methyl sites for hydroxylation is 4. The molecule has 1 amide bonds. The van der Waals surface area contributed by atoms with E-state index in [1.54, 1.807) is 10.7 Å². The fourth-order valence-electron chi connectivity index (χ4n) is 1.81. The minimum Gasteiger partial charge on any atom is -0.318 e. The smallest absolute Gasteiger partial charge is 0.274 e. The predicted molar refractivity (Wildman–Crippen MR) is 72.2 cm³/mol. The summed E-state index contributed by atoms with van der Waals surface area (Å²) in [6, 6.07) is 1.79. The average Bonchev–Trinajstić information content (AvgIpc) is 2.86.